The molecule has 0 radical (unpaired) electrons. The van der Waals surface area contributed by atoms with E-state index in [9.17, 15) is 14.7 Å². The van der Waals surface area contributed by atoms with Crippen molar-refractivity contribution in [3.8, 4) is 0 Å². The van der Waals surface area contributed by atoms with Gasteiger partial charge in [-0.2, -0.15) is 0 Å². The number of anilines is 1. The molecule has 0 atom stereocenters. The van der Waals surface area contributed by atoms with E-state index in [4.69, 9.17) is 35.4 Å². The number of hydrogen-bond donors (Lipinski definition) is 3. The first-order chi connectivity index (χ1) is 11.7. The van der Waals surface area contributed by atoms with Crippen LogP contribution in [0.25, 0.3) is 0 Å². The first-order valence-corrected chi connectivity index (χ1v) is 9.81. The minimum Gasteiger partial charge on any atom is -0.478 e. The van der Waals surface area contributed by atoms with E-state index in [2.05, 4.69) is 10.6 Å². The first-order valence-electron chi connectivity index (χ1n) is 6.48. The molecule has 0 bridgehead atoms. The van der Waals surface area contributed by atoms with Gasteiger partial charge in [0, 0.05) is 12.2 Å². The molecule has 3 N–H and O–H groups in total. The van der Waals surface area contributed by atoms with Crippen molar-refractivity contribution in [1.29, 1.82) is 0 Å². The fraction of sp³-hybridized carbons (Fsp3) is 0. The number of hydrogen-bond acceptors (Lipinski definition) is 3. The second-order valence-corrected chi connectivity index (χ2v) is 8.31. The number of carboxylic acid groups (broad SMARTS) is 1. The van der Waals surface area contributed by atoms with Gasteiger partial charge in [-0.15, -0.1) is 0 Å². The maximum Gasteiger partial charge on any atom is 0.337 e. The van der Waals surface area contributed by atoms with Crippen LogP contribution in [-0.4, -0.2) is 22.1 Å². The van der Waals surface area contributed by atoms with Crippen LogP contribution in [0, 0.1) is 7.14 Å². The summed E-state index contributed by atoms with van der Waals surface area (Å²) in [5, 5.41) is 15.1. The zero-order valence-corrected chi connectivity index (χ0v) is 18.7. The highest BCUT2D eigenvalue weighted by Crippen LogP contribution is 2.26. The van der Waals surface area contributed by atoms with Crippen LogP contribution in [0.1, 0.15) is 20.7 Å². The van der Waals surface area contributed by atoms with Gasteiger partial charge in [0.1, 0.15) is 0 Å². The Morgan fingerprint density at radius 1 is 1.08 bits per heavy atom. The second-order valence-electron chi connectivity index (χ2n) is 4.65. The Balaban J connectivity index is 2.21. The molecule has 2 rings (SSSR count). The quantitative estimate of drug-likeness (QED) is 0.332. The molecule has 0 saturated carbocycles. The molecule has 0 aromatic heterocycles. The smallest absolute Gasteiger partial charge is 0.337 e. The Morgan fingerprint density at radius 3 is 2.36 bits per heavy atom. The standard InChI is InChI=1S/C15H8Cl2I2N2O3S/c16-6-1-2-8(10(17)3-6)13(22)21-15(25)20-12-9(14(23)24)4-7(18)5-11(12)19/h1-5H,(H,23,24)(H2,20,21,22,25). The van der Waals surface area contributed by atoms with Crippen LogP contribution < -0.4 is 10.6 Å². The topological polar surface area (TPSA) is 78.4 Å². The predicted molar refractivity (Wildman–Crippen MR) is 119 cm³/mol. The molecule has 0 spiro atoms. The molecule has 0 aliphatic heterocycles. The lowest BCUT2D eigenvalue weighted by atomic mass is 10.2. The molecule has 5 nitrogen and oxygen atoms in total. The number of rotatable bonds is 3. The number of amides is 1. The third-order valence-electron chi connectivity index (χ3n) is 2.93. The number of benzene rings is 2. The molecule has 2 aromatic carbocycles. The number of halogens is 4. The van der Waals surface area contributed by atoms with E-state index in [0.29, 0.717) is 14.3 Å². The third-order valence-corrected chi connectivity index (χ3v) is 5.15. The van der Waals surface area contributed by atoms with E-state index in [-0.39, 0.29) is 21.3 Å². The van der Waals surface area contributed by atoms with E-state index >= 15 is 0 Å². The molecule has 25 heavy (non-hydrogen) atoms. The van der Waals surface area contributed by atoms with E-state index in [1.807, 2.05) is 45.2 Å². The highest BCUT2D eigenvalue weighted by molar-refractivity contribution is 14.1. The number of carbonyl (C=O) groups is 2. The van der Waals surface area contributed by atoms with Gasteiger partial charge in [-0.3, -0.25) is 10.1 Å². The Kier molecular flexibility index (Phi) is 7.26. The fourth-order valence-corrected chi connectivity index (χ4v) is 4.53. The van der Waals surface area contributed by atoms with Gasteiger partial charge >= 0.3 is 5.97 Å². The number of nitrogens with one attached hydrogen (secondary N) is 2. The van der Waals surface area contributed by atoms with Gasteiger partial charge in [0.25, 0.3) is 5.91 Å². The van der Waals surface area contributed by atoms with Gasteiger partial charge < -0.3 is 10.4 Å². The summed E-state index contributed by atoms with van der Waals surface area (Å²) in [5.74, 6) is -1.63. The van der Waals surface area contributed by atoms with Gasteiger partial charge in [0.05, 0.1) is 21.8 Å². The van der Waals surface area contributed by atoms with Crippen molar-refractivity contribution in [2.75, 3.05) is 5.32 Å². The van der Waals surface area contributed by atoms with Gasteiger partial charge in [-0.25, -0.2) is 4.79 Å². The predicted octanol–water partition coefficient (Wildman–Crippen LogP) is 5.03. The molecule has 0 saturated heterocycles. The zero-order chi connectivity index (χ0) is 18.7. The van der Waals surface area contributed by atoms with Crippen LogP contribution >= 0.6 is 80.6 Å². The SMILES string of the molecule is O=C(NC(=S)Nc1c(I)cc(I)cc1C(=O)O)c1ccc(Cl)cc1Cl. The van der Waals surface area contributed by atoms with Crippen LogP contribution in [0.15, 0.2) is 30.3 Å². The fourth-order valence-electron chi connectivity index (χ4n) is 1.86. The second kappa shape index (κ2) is 8.80. The average molecular weight is 621 g/mol. The molecular weight excluding hydrogens is 613 g/mol. The van der Waals surface area contributed by atoms with E-state index in [1.54, 1.807) is 6.07 Å². The Morgan fingerprint density at radius 2 is 1.76 bits per heavy atom. The minimum absolute atomic E-state index is 0.0439. The normalized spacial score (nSPS) is 10.2. The molecular formula is C15H8Cl2I2N2O3S. The minimum atomic E-state index is -1.10. The van der Waals surface area contributed by atoms with E-state index < -0.39 is 11.9 Å². The Hall–Kier alpha value is -0.690. The summed E-state index contributed by atoms with van der Waals surface area (Å²) in [6.07, 6.45) is 0. The third kappa shape index (κ3) is 5.39. The highest BCUT2D eigenvalue weighted by Gasteiger charge is 2.17. The lowest BCUT2D eigenvalue weighted by Gasteiger charge is -2.14. The molecule has 0 aliphatic carbocycles. The number of carbonyl (C=O) groups excluding carboxylic acids is 1. The summed E-state index contributed by atoms with van der Waals surface area (Å²) < 4.78 is 1.43. The monoisotopic (exact) mass is 620 g/mol. The zero-order valence-electron chi connectivity index (χ0n) is 12.1. The van der Waals surface area contributed by atoms with Crippen molar-refractivity contribution in [3.05, 3.63) is 58.6 Å². The number of thiocarbonyl (C=S) groups is 1. The maximum absolute atomic E-state index is 12.2. The molecule has 2 aromatic rings. The van der Waals surface area contributed by atoms with Crippen molar-refractivity contribution >= 4 is 103 Å². The molecule has 0 unspecified atom stereocenters. The molecule has 0 aliphatic rings. The van der Waals surface area contributed by atoms with Crippen molar-refractivity contribution in [2.24, 2.45) is 0 Å². The summed E-state index contributed by atoms with van der Waals surface area (Å²) in [6, 6.07) is 7.74. The summed E-state index contributed by atoms with van der Waals surface area (Å²) in [7, 11) is 0. The molecule has 0 fully saturated rings. The molecule has 130 valence electrons. The lowest BCUT2D eigenvalue weighted by molar-refractivity contribution is 0.0697. The van der Waals surface area contributed by atoms with E-state index in [0.717, 1.165) is 3.57 Å². The van der Waals surface area contributed by atoms with Crippen LogP contribution in [0.2, 0.25) is 10.0 Å². The number of aromatic carboxylic acids is 1. The summed E-state index contributed by atoms with van der Waals surface area (Å²) in [6.45, 7) is 0. The summed E-state index contributed by atoms with van der Waals surface area (Å²) in [5.41, 5.74) is 0.560. The van der Waals surface area contributed by atoms with Gasteiger partial charge in [0.2, 0.25) is 0 Å². The van der Waals surface area contributed by atoms with Gasteiger partial charge in [0.15, 0.2) is 5.11 Å². The summed E-state index contributed by atoms with van der Waals surface area (Å²) >= 11 is 20.9. The van der Waals surface area contributed by atoms with Crippen LogP contribution in [0.4, 0.5) is 5.69 Å². The van der Waals surface area contributed by atoms with Crippen molar-refractivity contribution in [1.82, 2.24) is 5.32 Å². The van der Waals surface area contributed by atoms with Crippen molar-refractivity contribution < 1.29 is 14.7 Å². The molecule has 1 amide bonds. The molecule has 0 heterocycles. The highest BCUT2D eigenvalue weighted by atomic mass is 127. The van der Waals surface area contributed by atoms with Crippen LogP contribution in [0.3, 0.4) is 0 Å². The first kappa shape index (κ1) is 20.6. The van der Waals surface area contributed by atoms with Crippen molar-refractivity contribution in [3.63, 3.8) is 0 Å². The van der Waals surface area contributed by atoms with Crippen molar-refractivity contribution in [2.45, 2.75) is 0 Å². The average Bonchev–Trinajstić information content (AvgIpc) is 2.49. The summed E-state index contributed by atoms with van der Waals surface area (Å²) in [4.78, 5) is 23.7. The van der Waals surface area contributed by atoms with Gasteiger partial charge in [-0.05, 0) is 87.7 Å². The maximum atomic E-state index is 12.2. The molecule has 10 heteroatoms. The van der Waals surface area contributed by atoms with E-state index in [1.165, 1.54) is 24.3 Å². The Bertz CT molecular complexity index is 893. The number of carboxylic acids is 1. The lowest BCUT2D eigenvalue weighted by Crippen LogP contribution is -2.35. The van der Waals surface area contributed by atoms with Crippen LogP contribution in [-0.2, 0) is 0 Å². The van der Waals surface area contributed by atoms with Gasteiger partial charge in [-0.1, -0.05) is 23.2 Å². The Labute approximate surface area is 185 Å². The van der Waals surface area contributed by atoms with Crippen LogP contribution in [0.5, 0.6) is 0 Å². The largest absolute Gasteiger partial charge is 0.478 e.